The zero-order valence-electron chi connectivity index (χ0n) is 10.1. The lowest BCUT2D eigenvalue weighted by atomic mass is 10.2. The molecule has 0 saturated carbocycles. The van der Waals surface area contributed by atoms with Crippen LogP contribution < -0.4 is 10.5 Å². The molecular weight excluding hydrogens is 278 g/mol. The maximum absolute atomic E-state index is 6.05. The van der Waals surface area contributed by atoms with Gasteiger partial charge in [-0.3, -0.25) is 0 Å². The molecule has 0 saturated heterocycles. The van der Waals surface area contributed by atoms with Crippen LogP contribution in [0.5, 0.6) is 5.75 Å². The SMILES string of the molecule is Nc1cccc2cc(COc3ccccc3Cl)sc12. The van der Waals surface area contributed by atoms with Gasteiger partial charge >= 0.3 is 0 Å². The number of nitrogens with two attached hydrogens (primary N) is 1. The Bertz CT molecular complexity index is 723. The Morgan fingerprint density at radius 3 is 2.74 bits per heavy atom. The molecule has 3 rings (SSSR count). The van der Waals surface area contributed by atoms with Crippen molar-refractivity contribution in [2.75, 3.05) is 5.73 Å². The minimum absolute atomic E-state index is 0.503. The van der Waals surface area contributed by atoms with E-state index in [1.54, 1.807) is 11.3 Å². The summed E-state index contributed by atoms with van der Waals surface area (Å²) in [6, 6.07) is 15.5. The predicted octanol–water partition coefficient (Wildman–Crippen LogP) is 4.72. The quantitative estimate of drug-likeness (QED) is 0.708. The van der Waals surface area contributed by atoms with Gasteiger partial charge in [-0.2, -0.15) is 0 Å². The third-order valence-corrected chi connectivity index (χ3v) is 4.32. The van der Waals surface area contributed by atoms with E-state index in [0.29, 0.717) is 17.4 Å². The number of para-hydroxylation sites is 1. The maximum atomic E-state index is 6.05. The van der Waals surface area contributed by atoms with Crippen LogP contribution in [0.25, 0.3) is 10.1 Å². The molecule has 0 bridgehead atoms. The molecule has 3 aromatic rings. The Balaban J connectivity index is 1.83. The molecule has 0 aliphatic carbocycles. The van der Waals surface area contributed by atoms with Crippen molar-refractivity contribution in [3.05, 3.63) is 58.4 Å². The van der Waals surface area contributed by atoms with E-state index in [0.717, 1.165) is 20.7 Å². The minimum Gasteiger partial charge on any atom is -0.487 e. The number of thiophene rings is 1. The van der Waals surface area contributed by atoms with Crippen molar-refractivity contribution in [3.63, 3.8) is 0 Å². The number of ether oxygens (including phenoxy) is 1. The average Bonchev–Trinajstić information content (AvgIpc) is 2.82. The molecule has 0 spiro atoms. The highest BCUT2D eigenvalue weighted by molar-refractivity contribution is 7.19. The molecule has 0 aliphatic heterocycles. The summed E-state index contributed by atoms with van der Waals surface area (Å²) >= 11 is 7.71. The maximum Gasteiger partial charge on any atom is 0.138 e. The molecule has 0 radical (unpaired) electrons. The fraction of sp³-hybridized carbons (Fsp3) is 0.0667. The molecule has 0 unspecified atom stereocenters. The topological polar surface area (TPSA) is 35.2 Å². The van der Waals surface area contributed by atoms with Gasteiger partial charge in [0.25, 0.3) is 0 Å². The number of benzene rings is 2. The lowest BCUT2D eigenvalue weighted by Gasteiger charge is -2.05. The van der Waals surface area contributed by atoms with Crippen LogP contribution in [0.15, 0.2) is 48.5 Å². The van der Waals surface area contributed by atoms with Crippen LogP contribution >= 0.6 is 22.9 Å². The van der Waals surface area contributed by atoms with Crippen molar-refractivity contribution in [2.24, 2.45) is 0 Å². The first-order valence-corrected chi connectivity index (χ1v) is 7.08. The average molecular weight is 290 g/mol. The lowest BCUT2D eigenvalue weighted by molar-refractivity contribution is 0.310. The van der Waals surface area contributed by atoms with Crippen LogP contribution in [0.4, 0.5) is 5.69 Å². The van der Waals surface area contributed by atoms with E-state index in [2.05, 4.69) is 12.1 Å². The van der Waals surface area contributed by atoms with Crippen molar-refractivity contribution >= 4 is 38.7 Å². The minimum atomic E-state index is 0.503. The summed E-state index contributed by atoms with van der Waals surface area (Å²) in [7, 11) is 0. The van der Waals surface area contributed by atoms with Gasteiger partial charge in [-0.25, -0.2) is 0 Å². The molecule has 0 aliphatic rings. The summed E-state index contributed by atoms with van der Waals surface area (Å²) in [5.74, 6) is 0.703. The second kappa shape index (κ2) is 5.11. The van der Waals surface area contributed by atoms with Crippen LogP contribution in [0.3, 0.4) is 0 Å². The molecule has 2 nitrogen and oxygen atoms in total. The van der Waals surface area contributed by atoms with E-state index in [1.165, 1.54) is 0 Å². The van der Waals surface area contributed by atoms with E-state index in [9.17, 15) is 0 Å². The van der Waals surface area contributed by atoms with Gasteiger partial charge in [-0.15, -0.1) is 11.3 Å². The Morgan fingerprint density at radius 2 is 1.95 bits per heavy atom. The van der Waals surface area contributed by atoms with Gasteiger partial charge < -0.3 is 10.5 Å². The number of nitrogen functional groups attached to an aromatic ring is 1. The summed E-state index contributed by atoms with van der Waals surface area (Å²) in [6.45, 7) is 0.503. The molecule has 1 aromatic heterocycles. The van der Waals surface area contributed by atoms with Crippen molar-refractivity contribution in [1.82, 2.24) is 0 Å². The number of hydrogen-bond acceptors (Lipinski definition) is 3. The third-order valence-electron chi connectivity index (χ3n) is 2.83. The van der Waals surface area contributed by atoms with E-state index < -0.39 is 0 Å². The fourth-order valence-electron chi connectivity index (χ4n) is 1.92. The van der Waals surface area contributed by atoms with Gasteiger partial charge in [0.15, 0.2) is 0 Å². The van der Waals surface area contributed by atoms with Gasteiger partial charge in [0, 0.05) is 10.6 Å². The molecule has 4 heteroatoms. The Hall–Kier alpha value is -1.71. The first-order valence-electron chi connectivity index (χ1n) is 5.88. The van der Waals surface area contributed by atoms with Crippen LogP contribution in [-0.2, 0) is 6.61 Å². The lowest BCUT2D eigenvalue weighted by Crippen LogP contribution is -1.92. The highest BCUT2D eigenvalue weighted by atomic mass is 35.5. The van der Waals surface area contributed by atoms with Crippen molar-refractivity contribution in [2.45, 2.75) is 6.61 Å². The number of fused-ring (bicyclic) bond motifs is 1. The second-order valence-corrected chi connectivity index (χ2v) is 5.74. The fourth-order valence-corrected chi connectivity index (χ4v) is 3.11. The zero-order valence-corrected chi connectivity index (χ0v) is 11.7. The number of rotatable bonds is 3. The van der Waals surface area contributed by atoms with E-state index in [4.69, 9.17) is 22.1 Å². The molecule has 1 heterocycles. The molecule has 2 N–H and O–H groups in total. The van der Waals surface area contributed by atoms with E-state index in [1.807, 2.05) is 36.4 Å². The van der Waals surface area contributed by atoms with Gasteiger partial charge in [-0.05, 0) is 29.7 Å². The van der Waals surface area contributed by atoms with Gasteiger partial charge in [0.2, 0.25) is 0 Å². The number of hydrogen-bond donors (Lipinski definition) is 1. The van der Waals surface area contributed by atoms with Crippen molar-refractivity contribution in [1.29, 1.82) is 0 Å². The van der Waals surface area contributed by atoms with Crippen LogP contribution in [-0.4, -0.2) is 0 Å². The molecule has 0 fully saturated rings. The van der Waals surface area contributed by atoms with E-state index in [-0.39, 0.29) is 0 Å². The predicted molar refractivity (Wildman–Crippen MR) is 82.0 cm³/mol. The van der Waals surface area contributed by atoms with Crippen LogP contribution in [0.1, 0.15) is 4.88 Å². The van der Waals surface area contributed by atoms with Gasteiger partial charge in [-0.1, -0.05) is 35.9 Å². The normalized spacial score (nSPS) is 10.8. The number of halogens is 1. The third kappa shape index (κ3) is 2.53. The molecule has 2 aromatic carbocycles. The largest absolute Gasteiger partial charge is 0.487 e. The van der Waals surface area contributed by atoms with Crippen molar-refractivity contribution in [3.8, 4) is 5.75 Å². The molecule has 19 heavy (non-hydrogen) atoms. The van der Waals surface area contributed by atoms with Crippen LogP contribution in [0, 0.1) is 0 Å². The summed E-state index contributed by atoms with van der Waals surface area (Å²) in [5.41, 5.74) is 6.76. The summed E-state index contributed by atoms with van der Waals surface area (Å²) in [4.78, 5) is 1.13. The Labute approximate surface area is 120 Å². The zero-order chi connectivity index (χ0) is 13.2. The first kappa shape index (κ1) is 12.3. The highest BCUT2D eigenvalue weighted by Gasteiger charge is 2.06. The summed E-state index contributed by atoms with van der Waals surface area (Å²) in [5, 5.41) is 1.78. The van der Waals surface area contributed by atoms with E-state index >= 15 is 0 Å². The molecule has 0 amide bonds. The standard InChI is InChI=1S/C15H12ClNOS/c16-12-5-1-2-7-14(12)18-9-11-8-10-4-3-6-13(17)15(10)19-11/h1-8H,9,17H2. The van der Waals surface area contributed by atoms with Gasteiger partial charge in [0.05, 0.1) is 9.72 Å². The highest BCUT2D eigenvalue weighted by Crippen LogP contribution is 2.31. The number of anilines is 1. The second-order valence-electron chi connectivity index (χ2n) is 4.20. The molecule has 96 valence electrons. The first-order chi connectivity index (χ1) is 9.24. The Morgan fingerprint density at radius 1 is 1.11 bits per heavy atom. The van der Waals surface area contributed by atoms with Crippen molar-refractivity contribution < 1.29 is 4.74 Å². The summed E-state index contributed by atoms with van der Waals surface area (Å²) < 4.78 is 6.84. The van der Waals surface area contributed by atoms with Gasteiger partial charge in [0.1, 0.15) is 12.4 Å². The molecule has 0 atom stereocenters. The monoisotopic (exact) mass is 289 g/mol. The smallest absolute Gasteiger partial charge is 0.138 e. The molecular formula is C15H12ClNOS. The van der Waals surface area contributed by atoms with Crippen LogP contribution in [0.2, 0.25) is 5.02 Å². The Kier molecular flexibility index (Phi) is 3.32. The summed E-state index contributed by atoms with van der Waals surface area (Å²) in [6.07, 6.45) is 0.